The van der Waals surface area contributed by atoms with E-state index in [0.717, 1.165) is 12.8 Å². The molecule has 5 heteroatoms. The molecule has 104 valence electrons. The van der Waals surface area contributed by atoms with Gasteiger partial charge in [-0.15, -0.1) is 0 Å². The zero-order valence-corrected chi connectivity index (χ0v) is 11.9. The molecule has 0 aromatic carbocycles. The van der Waals surface area contributed by atoms with Crippen LogP contribution in [0.15, 0.2) is 0 Å². The highest BCUT2D eigenvalue weighted by atomic mass is 16.6. The molecule has 1 heterocycles. The Morgan fingerprint density at radius 3 is 2.39 bits per heavy atom. The number of esters is 1. The van der Waals surface area contributed by atoms with E-state index in [1.807, 2.05) is 27.7 Å². The predicted octanol–water partition coefficient (Wildman–Crippen LogP) is 2.20. The summed E-state index contributed by atoms with van der Waals surface area (Å²) in [5, 5.41) is 0. The van der Waals surface area contributed by atoms with Gasteiger partial charge in [0.25, 0.3) is 0 Å². The highest BCUT2D eigenvalue weighted by Crippen LogP contribution is 2.31. The van der Waals surface area contributed by atoms with E-state index < -0.39 is 11.0 Å². The summed E-state index contributed by atoms with van der Waals surface area (Å²) in [7, 11) is 1.38. The van der Waals surface area contributed by atoms with Crippen molar-refractivity contribution in [3.05, 3.63) is 0 Å². The SMILES string of the molecule is COC(=O)[C@@]1(C)CCCN(C(=O)OC(C)(C)C)C1. The fraction of sp³-hybridized carbons (Fsp3) is 0.846. The van der Waals surface area contributed by atoms with Crippen LogP contribution < -0.4 is 0 Å². The zero-order valence-electron chi connectivity index (χ0n) is 11.9. The Morgan fingerprint density at radius 1 is 1.28 bits per heavy atom. The Hall–Kier alpha value is -1.26. The maximum Gasteiger partial charge on any atom is 0.410 e. The average Bonchev–Trinajstić information content (AvgIpc) is 2.25. The molecule has 0 saturated carbocycles. The molecule has 1 amide bonds. The maximum absolute atomic E-state index is 12.0. The first-order valence-corrected chi connectivity index (χ1v) is 6.24. The van der Waals surface area contributed by atoms with E-state index in [9.17, 15) is 9.59 Å². The maximum atomic E-state index is 12.0. The number of rotatable bonds is 1. The van der Waals surface area contributed by atoms with Crippen LogP contribution in [-0.4, -0.2) is 42.8 Å². The minimum atomic E-state index is -0.621. The lowest BCUT2D eigenvalue weighted by atomic mass is 9.82. The fourth-order valence-corrected chi connectivity index (χ4v) is 2.13. The van der Waals surface area contributed by atoms with Crippen molar-refractivity contribution in [3.8, 4) is 0 Å². The summed E-state index contributed by atoms with van der Waals surface area (Å²) in [6, 6.07) is 0. The molecule has 0 bridgehead atoms. The first kappa shape index (κ1) is 14.8. The van der Waals surface area contributed by atoms with Gasteiger partial charge >= 0.3 is 12.1 Å². The molecule has 0 aromatic rings. The third-order valence-corrected chi connectivity index (χ3v) is 3.03. The minimum Gasteiger partial charge on any atom is -0.469 e. The molecule has 1 aliphatic heterocycles. The molecule has 0 spiro atoms. The van der Waals surface area contributed by atoms with E-state index >= 15 is 0 Å². The van der Waals surface area contributed by atoms with Crippen LogP contribution in [0, 0.1) is 5.41 Å². The lowest BCUT2D eigenvalue weighted by Gasteiger charge is -2.38. The predicted molar refractivity (Wildman–Crippen MR) is 67.2 cm³/mol. The molecular weight excluding hydrogens is 234 g/mol. The summed E-state index contributed by atoms with van der Waals surface area (Å²) in [5.41, 5.74) is -1.14. The quantitative estimate of drug-likeness (QED) is 0.676. The van der Waals surface area contributed by atoms with Gasteiger partial charge in [-0.2, -0.15) is 0 Å². The number of carbonyl (C=O) groups excluding carboxylic acids is 2. The number of likely N-dealkylation sites (tertiary alicyclic amines) is 1. The summed E-state index contributed by atoms with van der Waals surface area (Å²) in [4.78, 5) is 25.3. The highest BCUT2D eigenvalue weighted by Gasteiger charge is 2.41. The Morgan fingerprint density at radius 2 is 1.89 bits per heavy atom. The molecule has 1 saturated heterocycles. The van der Waals surface area contributed by atoms with Gasteiger partial charge in [0, 0.05) is 13.1 Å². The van der Waals surface area contributed by atoms with Crippen LogP contribution in [0.25, 0.3) is 0 Å². The lowest BCUT2D eigenvalue weighted by molar-refractivity contribution is -0.154. The fourth-order valence-electron chi connectivity index (χ4n) is 2.13. The van der Waals surface area contributed by atoms with Gasteiger partial charge in [-0.3, -0.25) is 4.79 Å². The Kier molecular flexibility index (Phi) is 4.24. The van der Waals surface area contributed by atoms with Gasteiger partial charge in [0.1, 0.15) is 5.60 Å². The zero-order chi connectivity index (χ0) is 14.0. The van der Waals surface area contributed by atoms with Gasteiger partial charge < -0.3 is 14.4 Å². The molecule has 1 rings (SSSR count). The third kappa shape index (κ3) is 3.62. The molecule has 1 aliphatic rings. The Balaban J connectivity index is 2.69. The number of carbonyl (C=O) groups is 2. The van der Waals surface area contributed by atoms with Crippen LogP contribution in [0.5, 0.6) is 0 Å². The van der Waals surface area contributed by atoms with Crippen molar-refractivity contribution in [2.24, 2.45) is 5.41 Å². The van der Waals surface area contributed by atoms with Crippen LogP contribution in [0.1, 0.15) is 40.5 Å². The van der Waals surface area contributed by atoms with E-state index in [4.69, 9.17) is 9.47 Å². The van der Waals surface area contributed by atoms with Gasteiger partial charge in [0.2, 0.25) is 0 Å². The second-order valence-electron chi connectivity index (χ2n) is 6.06. The van der Waals surface area contributed by atoms with Crippen LogP contribution in [0.4, 0.5) is 4.79 Å². The summed E-state index contributed by atoms with van der Waals surface area (Å²) in [6.07, 6.45) is 1.15. The monoisotopic (exact) mass is 257 g/mol. The summed E-state index contributed by atoms with van der Waals surface area (Å²) < 4.78 is 10.1. The largest absolute Gasteiger partial charge is 0.469 e. The number of amides is 1. The van der Waals surface area contributed by atoms with Crippen molar-refractivity contribution < 1.29 is 19.1 Å². The van der Waals surface area contributed by atoms with Crippen LogP contribution >= 0.6 is 0 Å². The highest BCUT2D eigenvalue weighted by molar-refractivity contribution is 5.78. The molecule has 0 N–H and O–H groups in total. The second-order valence-corrected chi connectivity index (χ2v) is 6.06. The standard InChI is InChI=1S/C13H23NO4/c1-12(2,3)18-11(16)14-8-6-7-13(4,9-14)10(15)17-5/h6-9H2,1-5H3/t13-/m0/s1. The van der Waals surface area contributed by atoms with Gasteiger partial charge in [0.05, 0.1) is 12.5 Å². The van der Waals surface area contributed by atoms with Crippen molar-refractivity contribution in [1.82, 2.24) is 4.90 Å². The van der Waals surface area contributed by atoms with E-state index in [1.54, 1.807) is 4.90 Å². The second kappa shape index (κ2) is 5.16. The first-order valence-electron chi connectivity index (χ1n) is 6.24. The van der Waals surface area contributed by atoms with E-state index in [0.29, 0.717) is 13.1 Å². The number of methoxy groups -OCH3 is 1. The number of hydrogen-bond acceptors (Lipinski definition) is 4. The molecule has 0 aliphatic carbocycles. The van der Waals surface area contributed by atoms with E-state index in [1.165, 1.54) is 7.11 Å². The van der Waals surface area contributed by atoms with Gasteiger partial charge in [0.15, 0.2) is 0 Å². The molecule has 0 radical (unpaired) electrons. The lowest BCUT2D eigenvalue weighted by Crippen LogP contribution is -2.50. The molecular formula is C13H23NO4. The number of hydrogen-bond donors (Lipinski definition) is 0. The van der Waals surface area contributed by atoms with Crippen LogP contribution in [-0.2, 0) is 14.3 Å². The van der Waals surface area contributed by atoms with Crippen molar-refractivity contribution in [2.75, 3.05) is 20.2 Å². The molecule has 1 fully saturated rings. The Bertz CT molecular complexity index is 334. The molecule has 1 atom stereocenters. The Labute approximate surface area is 108 Å². The minimum absolute atomic E-state index is 0.268. The van der Waals surface area contributed by atoms with Gasteiger partial charge in [-0.1, -0.05) is 0 Å². The van der Waals surface area contributed by atoms with Crippen molar-refractivity contribution in [3.63, 3.8) is 0 Å². The number of piperidine rings is 1. The summed E-state index contributed by atoms with van der Waals surface area (Å²) >= 11 is 0. The van der Waals surface area contributed by atoms with Crippen molar-refractivity contribution in [2.45, 2.75) is 46.1 Å². The molecule has 0 aromatic heterocycles. The number of nitrogens with zero attached hydrogens (tertiary/aromatic N) is 1. The smallest absolute Gasteiger partial charge is 0.410 e. The topological polar surface area (TPSA) is 55.8 Å². The van der Waals surface area contributed by atoms with Crippen LogP contribution in [0.3, 0.4) is 0 Å². The van der Waals surface area contributed by atoms with Gasteiger partial charge in [-0.25, -0.2) is 4.79 Å². The van der Waals surface area contributed by atoms with E-state index in [2.05, 4.69) is 0 Å². The number of ether oxygens (including phenoxy) is 2. The average molecular weight is 257 g/mol. The van der Waals surface area contributed by atoms with Crippen molar-refractivity contribution >= 4 is 12.1 Å². The first-order chi connectivity index (χ1) is 8.18. The molecule has 0 unspecified atom stereocenters. The molecule has 18 heavy (non-hydrogen) atoms. The summed E-state index contributed by atoms with van der Waals surface area (Å²) in [5.74, 6) is -0.268. The molecule has 5 nitrogen and oxygen atoms in total. The van der Waals surface area contributed by atoms with Gasteiger partial charge in [-0.05, 0) is 40.5 Å². The van der Waals surface area contributed by atoms with Crippen LogP contribution in [0.2, 0.25) is 0 Å². The van der Waals surface area contributed by atoms with E-state index in [-0.39, 0.29) is 12.1 Å². The third-order valence-electron chi connectivity index (χ3n) is 3.03. The van der Waals surface area contributed by atoms with Crippen molar-refractivity contribution in [1.29, 1.82) is 0 Å². The summed E-state index contributed by atoms with van der Waals surface area (Å²) in [6.45, 7) is 8.29. The normalized spacial score (nSPS) is 24.6.